The second-order valence-corrected chi connectivity index (χ2v) is 7.65. The highest BCUT2D eigenvalue weighted by atomic mass is 35.5. The number of hydrogen-bond acceptors (Lipinski definition) is 3. The number of nitrogens with zero attached hydrogens (tertiary/aromatic N) is 1. The van der Waals surface area contributed by atoms with Crippen LogP contribution in [0, 0.1) is 5.82 Å². The lowest BCUT2D eigenvalue weighted by atomic mass is 10.1. The first-order valence-electron chi connectivity index (χ1n) is 9.71. The number of nitrogens with one attached hydrogen (secondary N) is 1. The molecule has 0 fully saturated rings. The van der Waals surface area contributed by atoms with Gasteiger partial charge in [-0.1, -0.05) is 42.6 Å². The molecule has 0 aliphatic carbocycles. The van der Waals surface area contributed by atoms with E-state index in [9.17, 15) is 14.0 Å². The molecule has 0 aliphatic heterocycles. The molecule has 2 aromatic rings. The van der Waals surface area contributed by atoms with E-state index in [0.29, 0.717) is 22.3 Å². The van der Waals surface area contributed by atoms with Crippen molar-refractivity contribution in [2.24, 2.45) is 0 Å². The first-order chi connectivity index (χ1) is 14.3. The van der Waals surface area contributed by atoms with Gasteiger partial charge < -0.3 is 15.0 Å². The van der Waals surface area contributed by atoms with Crippen LogP contribution >= 0.6 is 23.2 Å². The van der Waals surface area contributed by atoms with Gasteiger partial charge in [0.2, 0.25) is 5.91 Å². The van der Waals surface area contributed by atoms with Crippen molar-refractivity contribution >= 4 is 35.0 Å². The summed E-state index contributed by atoms with van der Waals surface area (Å²) in [4.78, 5) is 26.9. The van der Waals surface area contributed by atoms with Crippen molar-refractivity contribution in [3.63, 3.8) is 0 Å². The summed E-state index contributed by atoms with van der Waals surface area (Å²) in [5, 5.41) is 3.61. The molecule has 0 unspecified atom stereocenters. The zero-order valence-corrected chi connectivity index (χ0v) is 18.5. The molecule has 0 heterocycles. The van der Waals surface area contributed by atoms with Crippen molar-refractivity contribution < 1.29 is 18.7 Å². The standard InChI is InChI=1S/C22H25Cl2FN2O3/c1-3-4-11-26-22(29)15(2)27(13-16-5-10-19(23)20(24)12-16)21(28)14-30-18-8-6-17(25)7-9-18/h5-10,12,15H,3-4,11,13-14H2,1-2H3,(H,26,29)/t15-/m0/s1. The van der Waals surface area contributed by atoms with Crippen LogP contribution in [-0.4, -0.2) is 35.9 Å². The van der Waals surface area contributed by atoms with Crippen molar-refractivity contribution in [3.05, 3.63) is 63.9 Å². The van der Waals surface area contributed by atoms with Gasteiger partial charge in [-0.3, -0.25) is 9.59 Å². The summed E-state index contributed by atoms with van der Waals surface area (Å²) < 4.78 is 18.5. The van der Waals surface area contributed by atoms with Gasteiger partial charge in [0.1, 0.15) is 17.6 Å². The quantitative estimate of drug-likeness (QED) is 0.522. The molecule has 2 rings (SSSR count). The Labute approximate surface area is 186 Å². The highest BCUT2D eigenvalue weighted by Gasteiger charge is 2.26. The van der Waals surface area contributed by atoms with Crippen molar-refractivity contribution in [2.45, 2.75) is 39.3 Å². The van der Waals surface area contributed by atoms with E-state index >= 15 is 0 Å². The molecular formula is C22H25Cl2FN2O3. The molecule has 2 amide bonds. The molecule has 2 aromatic carbocycles. The molecule has 0 saturated heterocycles. The van der Waals surface area contributed by atoms with Crippen LogP contribution in [0.3, 0.4) is 0 Å². The topological polar surface area (TPSA) is 58.6 Å². The van der Waals surface area contributed by atoms with Crippen LogP contribution in [0.2, 0.25) is 10.0 Å². The second kappa shape index (κ2) is 11.8. The second-order valence-electron chi connectivity index (χ2n) is 6.83. The highest BCUT2D eigenvalue weighted by Crippen LogP contribution is 2.24. The van der Waals surface area contributed by atoms with E-state index in [1.165, 1.54) is 29.2 Å². The first-order valence-corrected chi connectivity index (χ1v) is 10.5. The van der Waals surface area contributed by atoms with Crippen LogP contribution in [0.15, 0.2) is 42.5 Å². The summed E-state index contributed by atoms with van der Waals surface area (Å²) in [6.45, 7) is 4.10. The molecule has 0 aromatic heterocycles. The first kappa shape index (κ1) is 24.0. The number of unbranched alkanes of at least 4 members (excludes halogenated alkanes) is 1. The lowest BCUT2D eigenvalue weighted by molar-refractivity contribution is -0.142. The fourth-order valence-corrected chi connectivity index (χ4v) is 3.03. The number of halogens is 3. The third-order valence-corrected chi connectivity index (χ3v) is 5.25. The number of rotatable bonds is 10. The average molecular weight is 455 g/mol. The number of carbonyl (C=O) groups excluding carboxylic acids is 2. The van der Waals surface area contributed by atoms with Gasteiger partial charge in [0.25, 0.3) is 5.91 Å². The Morgan fingerprint density at radius 3 is 2.47 bits per heavy atom. The maximum atomic E-state index is 13.0. The number of ether oxygens (including phenoxy) is 1. The van der Waals surface area contributed by atoms with Gasteiger partial charge >= 0.3 is 0 Å². The third kappa shape index (κ3) is 7.18. The Balaban J connectivity index is 2.13. The van der Waals surface area contributed by atoms with Crippen molar-refractivity contribution in [2.75, 3.05) is 13.2 Å². The molecule has 5 nitrogen and oxygen atoms in total. The largest absolute Gasteiger partial charge is 0.484 e. The molecule has 8 heteroatoms. The van der Waals surface area contributed by atoms with E-state index < -0.39 is 11.9 Å². The van der Waals surface area contributed by atoms with Gasteiger partial charge in [0.05, 0.1) is 10.0 Å². The Bertz CT molecular complexity index is 862. The molecule has 1 atom stereocenters. The molecule has 0 spiro atoms. The molecule has 0 saturated carbocycles. The smallest absolute Gasteiger partial charge is 0.261 e. The Morgan fingerprint density at radius 1 is 1.13 bits per heavy atom. The van der Waals surface area contributed by atoms with Gasteiger partial charge in [-0.05, 0) is 55.3 Å². The van der Waals surface area contributed by atoms with Crippen LogP contribution in [0.4, 0.5) is 4.39 Å². The summed E-state index contributed by atoms with van der Waals surface area (Å²) in [5.41, 5.74) is 0.729. The number of carbonyl (C=O) groups is 2. The summed E-state index contributed by atoms with van der Waals surface area (Å²) in [5.74, 6) is -0.672. The molecule has 1 N–H and O–H groups in total. The summed E-state index contributed by atoms with van der Waals surface area (Å²) in [6.07, 6.45) is 1.80. The molecule has 0 aliphatic rings. The number of amides is 2. The molecule has 0 bridgehead atoms. The summed E-state index contributed by atoms with van der Waals surface area (Å²) >= 11 is 12.1. The molecule has 30 heavy (non-hydrogen) atoms. The molecular weight excluding hydrogens is 430 g/mol. The van der Waals surface area contributed by atoms with Gasteiger partial charge in [-0.25, -0.2) is 4.39 Å². The van der Waals surface area contributed by atoms with E-state index in [2.05, 4.69) is 5.32 Å². The number of benzene rings is 2. The Morgan fingerprint density at radius 2 is 1.83 bits per heavy atom. The van der Waals surface area contributed by atoms with Crippen LogP contribution in [0.1, 0.15) is 32.3 Å². The SMILES string of the molecule is CCCCNC(=O)[C@H](C)N(Cc1ccc(Cl)c(Cl)c1)C(=O)COc1ccc(F)cc1. The maximum absolute atomic E-state index is 13.0. The molecule has 162 valence electrons. The van der Waals surface area contributed by atoms with Crippen molar-refractivity contribution in [1.82, 2.24) is 10.2 Å². The van der Waals surface area contributed by atoms with Gasteiger partial charge in [-0.15, -0.1) is 0 Å². The van der Waals surface area contributed by atoms with Crippen molar-refractivity contribution in [3.8, 4) is 5.75 Å². The van der Waals surface area contributed by atoms with Gasteiger partial charge in [-0.2, -0.15) is 0 Å². The van der Waals surface area contributed by atoms with E-state index in [1.54, 1.807) is 25.1 Å². The number of hydrogen-bond donors (Lipinski definition) is 1. The zero-order chi connectivity index (χ0) is 22.1. The average Bonchev–Trinajstić information content (AvgIpc) is 2.73. The minimum Gasteiger partial charge on any atom is -0.484 e. The normalized spacial score (nSPS) is 11.6. The lowest BCUT2D eigenvalue weighted by Crippen LogP contribution is -2.49. The zero-order valence-electron chi connectivity index (χ0n) is 17.0. The Hall–Kier alpha value is -2.31. The van der Waals surface area contributed by atoms with Crippen LogP contribution in [0.5, 0.6) is 5.75 Å². The highest BCUT2D eigenvalue weighted by molar-refractivity contribution is 6.42. The van der Waals surface area contributed by atoms with Crippen LogP contribution in [0.25, 0.3) is 0 Å². The predicted molar refractivity (Wildman–Crippen MR) is 116 cm³/mol. The lowest BCUT2D eigenvalue weighted by Gasteiger charge is -2.29. The van der Waals surface area contributed by atoms with Crippen LogP contribution < -0.4 is 10.1 Å². The summed E-state index contributed by atoms with van der Waals surface area (Å²) in [7, 11) is 0. The minimum atomic E-state index is -0.722. The van der Waals surface area contributed by atoms with E-state index in [4.69, 9.17) is 27.9 Å². The fourth-order valence-electron chi connectivity index (χ4n) is 2.71. The van der Waals surface area contributed by atoms with Crippen molar-refractivity contribution in [1.29, 1.82) is 0 Å². The maximum Gasteiger partial charge on any atom is 0.261 e. The fraction of sp³-hybridized carbons (Fsp3) is 0.364. The summed E-state index contributed by atoms with van der Waals surface area (Å²) in [6, 6.07) is 9.70. The molecule has 0 radical (unpaired) electrons. The Kier molecular flexibility index (Phi) is 9.40. The third-order valence-electron chi connectivity index (χ3n) is 4.51. The van der Waals surface area contributed by atoms with Gasteiger partial charge in [0, 0.05) is 13.1 Å². The minimum absolute atomic E-state index is 0.158. The van der Waals surface area contributed by atoms with E-state index in [0.717, 1.165) is 18.4 Å². The monoisotopic (exact) mass is 454 g/mol. The van der Waals surface area contributed by atoms with Gasteiger partial charge in [0.15, 0.2) is 6.61 Å². The van der Waals surface area contributed by atoms with E-state index in [1.807, 2.05) is 6.92 Å². The van der Waals surface area contributed by atoms with E-state index in [-0.39, 0.29) is 25.0 Å². The predicted octanol–water partition coefficient (Wildman–Crippen LogP) is 4.84. The van der Waals surface area contributed by atoms with Crippen LogP contribution in [-0.2, 0) is 16.1 Å².